The number of hydrogen-bond donors (Lipinski definition) is 3. The topological polar surface area (TPSA) is 64.1 Å². The van der Waals surface area contributed by atoms with Gasteiger partial charge in [-0.2, -0.15) is 0 Å². The Hall–Kier alpha value is -1.52. The molecule has 3 nitrogen and oxygen atoms in total. The lowest BCUT2D eigenvalue weighted by atomic mass is 10.1. The van der Waals surface area contributed by atoms with Crippen LogP contribution in [0.25, 0.3) is 0 Å². The Bertz CT molecular complexity index is 642. The zero-order valence-corrected chi connectivity index (χ0v) is 13.6. The number of halogens is 2. The number of nitrogens with one attached hydrogen (secondary N) is 1. The second-order valence-corrected chi connectivity index (χ2v) is 5.85. The Kier molecular flexibility index (Phi) is 6.28. The van der Waals surface area contributed by atoms with Crippen LogP contribution in [0.3, 0.4) is 0 Å². The first-order chi connectivity index (χ1) is 10.6. The van der Waals surface area contributed by atoms with Gasteiger partial charge in [-0.15, -0.1) is 0 Å². The SMILES string of the molecule is NCC(N)/C=C(/Cc1ccccc1)Nc1ccc(Cl)cc1Cl. The van der Waals surface area contributed by atoms with Gasteiger partial charge in [-0.05, 0) is 29.8 Å². The summed E-state index contributed by atoms with van der Waals surface area (Å²) in [5, 5.41) is 4.49. The molecule has 0 aliphatic rings. The van der Waals surface area contributed by atoms with Gasteiger partial charge in [0.25, 0.3) is 0 Å². The summed E-state index contributed by atoms with van der Waals surface area (Å²) in [4.78, 5) is 0. The van der Waals surface area contributed by atoms with Gasteiger partial charge in [0, 0.05) is 29.7 Å². The van der Waals surface area contributed by atoms with Gasteiger partial charge in [-0.1, -0.05) is 53.5 Å². The Morgan fingerprint density at radius 1 is 1.14 bits per heavy atom. The van der Waals surface area contributed by atoms with Gasteiger partial charge in [-0.3, -0.25) is 0 Å². The molecule has 1 atom stereocenters. The molecule has 2 aromatic carbocycles. The van der Waals surface area contributed by atoms with Crippen molar-refractivity contribution in [3.63, 3.8) is 0 Å². The van der Waals surface area contributed by atoms with E-state index in [2.05, 4.69) is 17.4 Å². The first-order valence-electron chi connectivity index (χ1n) is 7.01. The van der Waals surface area contributed by atoms with Crippen LogP contribution in [0.4, 0.5) is 5.69 Å². The van der Waals surface area contributed by atoms with Crippen LogP contribution in [0.15, 0.2) is 60.3 Å². The minimum Gasteiger partial charge on any atom is -0.358 e. The summed E-state index contributed by atoms with van der Waals surface area (Å²) in [6, 6.07) is 15.3. The van der Waals surface area contributed by atoms with E-state index in [4.69, 9.17) is 34.7 Å². The van der Waals surface area contributed by atoms with E-state index in [0.717, 1.165) is 11.4 Å². The quantitative estimate of drug-likeness (QED) is 0.751. The molecular formula is C17H19Cl2N3. The fourth-order valence-corrected chi connectivity index (χ4v) is 2.51. The first-order valence-corrected chi connectivity index (χ1v) is 7.76. The molecule has 0 bridgehead atoms. The van der Waals surface area contributed by atoms with Crippen molar-refractivity contribution >= 4 is 28.9 Å². The van der Waals surface area contributed by atoms with Crippen molar-refractivity contribution < 1.29 is 0 Å². The molecule has 1 unspecified atom stereocenters. The molecule has 0 heterocycles. The zero-order chi connectivity index (χ0) is 15.9. The van der Waals surface area contributed by atoms with Crippen LogP contribution in [-0.2, 0) is 6.42 Å². The summed E-state index contributed by atoms with van der Waals surface area (Å²) in [5.74, 6) is 0. The molecule has 0 aromatic heterocycles. The van der Waals surface area contributed by atoms with Crippen molar-refractivity contribution in [2.75, 3.05) is 11.9 Å². The van der Waals surface area contributed by atoms with Crippen LogP contribution < -0.4 is 16.8 Å². The summed E-state index contributed by atoms with van der Waals surface area (Å²) >= 11 is 12.1. The van der Waals surface area contributed by atoms with Crippen LogP contribution in [0.2, 0.25) is 10.0 Å². The highest BCUT2D eigenvalue weighted by Gasteiger charge is 2.07. The summed E-state index contributed by atoms with van der Waals surface area (Å²) < 4.78 is 0. The second kappa shape index (κ2) is 8.20. The van der Waals surface area contributed by atoms with Gasteiger partial charge in [0.1, 0.15) is 0 Å². The highest BCUT2D eigenvalue weighted by Crippen LogP contribution is 2.27. The average Bonchev–Trinajstić information content (AvgIpc) is 2.51. The van der Waals surface area contributed by atoms with Crippen LogP contribution in [0.5, 0.6) is 0 Å². The Morgan fingerprint density at radius 3 is 2.50 bits per heavy atom. The number of anilines is 1. The van der Waals surface area contributed by atoms with Gasteiger partial charge < -0.3 is 16.8 Å². The maximum atomic E-state index is 6.22. The molecule has 2 rings (SSSR count). The average molecular weight is 336 g/mol. The largest absolute Gasteiger partial charge is 0.358 e. The standard InChI is InChI=1S/C17H19Cl2N3/c18-13-6-7-17(16(19)9-13)22-15(10-14(21)11-20)8-12-4-2-1-3-5-12/h1-7,9-10,14,22H,8,11,20-21H2/b15-10-. The molecule has 0 saturated carbocycles. The third-order valence-corrected chi connectivity index (χ3v) is 3.70. The molecule has 5 N–H and O–H groups in total. The normalized spacial score (nSPS) is 13.0. The number of rotatable bonds is 6. The molecule has 0 radical (unpaired) electrons. The Morgan fingerprint density at radius 2 is 1.86 bits per heavy atom. The lowest BCUT2D eigenvalue weighted by Gasteiger charge is -2.15. The molecule has 0 amide bonds. The van der Waals surface area contributed by atoms with Gasteiger partial charge in [-0.25, -0.2) is 0 Å². The second-order valence-electron chi connectivity index (χ2n) is 5.00. The molecule has 116 valence electrons. The number of benzene rings is 2. The predicted octanol–water partition coefficient (Wildman–Crippen LogP) is 3.82. The number of nitrogens with two attached hydrogens (primary N) is 2. The smallest absolute Gasteiger partial charge is 0.0655 e. The van der Waals surface area contributed by atoms with E-state index in [0.29, 0.717) is 23.0 Å². The molecule has 0 aliphatic carbocycles. The minimum atomic E-state index is -0.211. The van der Waals surface area contributed by atoms with E-state index >= 15 is 0 Å². The van der Waals surface area contributed by atoms with E-state index in [-0.39, 0.29) is 6.04 Å². The van der Waals surface area contributed by atoms with E-state index in [1.54, 1.807) is 12.1 Å². The summed E-state index contributed by atoms with van der Waals surface area (Å²) in [7, 11) is 0. The van der Waals surface area contributed by atoms with Crippen molar-refractivity contribution in [2.24, 2.45) is 11.5 Å². The van der Waals surface area contributed by atoms with Crippen molar-refractivity contribution in [2.45, 2.75) is 12.5 Å². The summed E-state index contributed by atoms with van der Waals surface area (Å²) in [5.41, 5.74) is 14.5. The molecular weight excluding hydrogens is 317 g/mol. The van der Waals surface area contributed by atoms with E-state index < -0.39 is 0 Å². The third kappa shape index (κ3) is 5.04. The minimum absolute atomic E-state index is 0.211. The highest BCUT2D eigenvalue weighted by atomic mass is 35.5. The monoisotopic (exact) mass is 335 g/mol. The lowest BCUT2D eigenvalue weighted by molar-refractivity contribution is 0.813. The van der Waals surface area contributed by atoms with Crippen LogP contribution in [0.1, 0.15) is 5.56 Å². The van der Waals surface area contributed by atoms with Crippen LogP contribution in [0, 0.1) is 0 Å². The summed E-state index contributed by atoms with van der Waals surface area (Å²) in [6.45, 7) is 0.383. The molecule has 0 spiro atoms. The predicted molar refractivity (Wildman–Crippen MR) is 95.3 cm³/mol. The first kappa shape index (κ1) is 16.8. The summed E-state index contributed by atoms with van der Waals surface area (Å²) in [6.07, 6.45) is 2.64. The molecule has 0 aliphatic heterocycles. The van der Waals surface area contributed by atoms with Crippen molar-refractivity contribution in [1.82, 2.24) is 0 Å². The molecule has 5 heteroatoms. The van der Waals surface area contributed by atoms with Gasteiger partial charge >= 0.3 is 0 Å². The van der Waals surface area contributed by atoms with Gasteiger partial charge in [0.05, 0.1) is 10.7 Å². The van der Waals surface area contributed by atoms with Crippen LogP contribution >= 0.6 is 23.2 Å². The van der Waals surface area contributed by atoms with Crippen LogP contribution in [-0.4, -0.2) is 12.6 Å². The molecule has 2 aromatic rings. The molecule has 0 saturated heterocycles. The maximum absolute atomic E-state index is 6.22. The van der Waals surface area contributed by atoms with Gasteiger partial charge in [0.2, 0.25) is 0 Å². The van der Waals surface area contributed by atoms with E-state index in [9.17, 15) is 0 Å². The zero-order valence-electron chi connectivity index (χ0n) is 12.1. The lowest BCUT2D eigenvalue weighted by Crippen LogP contribution is -2.28. The van der Waals surface area contributed by atoms with Crippen molar-refractivity contribution in [3.05, 3.63) is 75.9 Å². The number of hydrogen-bond acceptors (Lipinski definition) is 3. The van der Waals surface area contributed by atoms with E-state index in [1.807, 2.05) is 30.3 Å². The van der Waals surface area contributed by atoms with Gasteiger partial charge in [0.15, 0.2) is 0 Å². The third-order valence-electron chi connectivity index (χ3n) is 3.15. The highest BCUT2D eigenvalue weighted by molar-refractivity contribution is 6.36. The van der Waals surface area contributed by atoms with Crippen molar-refractivity contribution in [1.29, 1.82) is 0 Å². The maximum Gasteiger partial charge on any atom is 0.0655 e. The number of allylic oxidation sites excluding steroid dienone is 1. The fourth-order valence-electron chi connectivity index (χ4n) is 2.05. The Balaban J connectivity index is 2.23. The van der Waals surface area contributed by atoms with Crippen molar-refractivity contribution in [3.8, 4) is 0 Å². The fraction of sp³-hybridized carbons (Fsp3) is 0.176. The molecule has 0 fully saturated rings. The molecule has 22 heavy (non-hydrogen) atoms. The Labute approximate surface area is 140 Å². The van der Waals surface area contributed by atoms with E-state index in [1.165, 1.54) is 5.56 Å².